The lowest BCUT2D eigenvalue weighted by molar-refractivity contribution is 0.174. The first-order chi connectivity index (χ1) is 12.7. The van der Waals surface area contributed by atoms with Crippen molar-refractivity contribution in [2.75, 3.05) is 32.4 Å². The summed E-state index contributed by atoms with van der Waals surface area (Å²) in [4.78, 5) is 36.1. The largest absolute Gasteiger partial charge is 0.454 e. The number of nitrogens with zero attached hydrogens (tertiary/aromatic N) is 3. The van der Waals surface area contributed by atoms with Crippen LogP contribution in [0, 0.1) is 0 Å². The standard InChI is InChI=1S/C16H15N5O5/c1-24-5-4-17-15-18-7-10-13(19-15)20-16(23)21(14(10)22)9-2-3-11-12(6-9)26-8-25-11/h2-3,6-7H,4-5,8H2,1H3,(H2,17,18,19,20,23). The van der Waals surface area contributed by atoms with Crippen LogP contribution in [0.4, 0.5) is 5.95 Å². The number of hydrogen-bond donors (Lipinski definition) is 2. The summed E-state index contributed by atoms with van der Waals surface area (Å²) in [5.41, 5.74) is -0.606. The van der Waals surface area contributed by atoms with Crippen molar-refractivity contribution in [1.29, 1.82) is 0 Å². The quantitative estimate of drug-likeness (QED) is 0.624. The van der Waals surface area contributed by atoms with Gasteiger partial charge in [-0.15, -0.1) is 0 Å². The van der Waals surface area contributed by atoms with E-state index < -0.39 is 11.2 Å². The zero-order chi connectivity index (χ0) is 18.1. The van der Waals surface area contributed by atoms with Gasteiger partial charge in [-0.05, 0) is 12.1 Å². The summed E-state index contributed by atoms with van der Waals surface area (Å²) in [6, 6.07) is 4.83. The van der Waals surface area contributed by atoms with Gasteiger partial charge in [-0.1, -0.05) is 0 Å². The minimum atomic E-state index is -0.608. The van der Waals surface area contributed by atoms with E-state index in [-0.39, 0.29) is 17.8 Å². The van der Waals surface area contributed by atoms with E-state index in [9.17, 15) is 9.59 Å². The average Bonchev–Trinajstić information content (AvgIpc) is 3.09. The van der Waals surface area contributed by atoms with Crippen molar-refractivity contribution in [1.82, 2.24) is 19.5 Å². The van der Waals surface area contributed by atoms with Crippen molar-refractivity contribution in [2.24, 2.45) is 0 Å². The number of aromatic amines is 1. The van der Waals surface area contributed by atoms with Crippen LogP contribution in [0.25, 0.3) is 16.7 Å². The third kappa shape index (κ3) is 2.75. The summed E-state index contributed by atoms with van der Waals surface area (Å²) >= 11 is 0. The highest BCUT2D eigenvalue weighted by Crippen LogP contribution is 2.33. The number of methoxy groups -OCH3 is 1. The number of ether oxygens (including phenoxy) is 3. The summed E-state index contributed by atoms with van der Waals surface area (Å²) in [6.45, 7) is 1.08. The maximum absolute atomic E-state index is 12.8. The fourth-order valence-electron chi connectivity index (χ4n) is 2.61. The molecular weight excluding hydrogens is 342 g/mol. The highest BCUT2D eigenvalue weighted by Gasteiger charge is 2.17. The maximum atomic E-state index is 12.8. The van der Waals surface area contributed by atoms with E-state index in [1.54, 1.807) is 25.3 Å². The molecule has 0 saturated carbocycles. The van der Waals surface area contributed by atoms with Gasteiger partial charge in [0.1, 0.15) is 5.39 Å². The van der Waals surface area contributed by atoms with E-state index in [2.05, 4.69) is 20.3 Å². The van der Waals surface area contributed by atoms with Crippen molar-refractivity contribution in [3.8, 4) is 17.2 Å². The minimum absolute atomic E-state index is 0.106. The maximum Gasteiger partial charge on any atom is 0.334 e. The third-order valence-corrected chi connectivity index (χ3v) is 3.85. The monoisotopic (exact) mass is 357 g/mol. The molecule has 0 bridgehead atoms. The summed E-state index contributed by atoms with van der Waals surface area (Å²) in [7, 11) is 1.58. The molecule has 0 aliphatic carbocycles. The second-order valence-electron chi connectivity index (χ2n) is 5.48. The van der Waals surface area contributed by atoms with Gasteiger partial charge in [-0.3, -0.25) is 9.78 Å². The molecule has 3 heterocycles. The van der Waals surface area contributed by atoms with Crippen LogP contribution in [0.2, 0.25) is 0 Å². The Kier molecular flexibility index (Phi) is 4.01. The Morgan fingerprint density at radius 2 is 2.15 bits per heavy atom. The summed E-state index contributed by atoms with van der Waals surface area (Å²) < 4.78 is 16.5. The molecule has 4 rings (SSSR count). The van der Waals surface area contributed by atoms with Crippen molar-refractivity contribution < 1.29 is 14.2 Å². The van der Waals surface area contributed by atoms with E-state index in [0.717, 1.165) is 4.57 Å². The zero-order valence-electron chi connectivity index (χ0n) is 13.8. The van der Waals surface area contributed by atoms with Crippen LogP contribution in [0.3, 0.4) is 0 Å². The first kappa shape index (κ1) is 16.1. The number of anilines is 1. The molecule has 2 aromatic heterocycles. The predicted octanol–water partition coefficient (Wildman–Crippen LogP) is 0.256. The van der Waals surface area contributed by atoms with Gasteiger partial charge in [0.25, 0.3) is 5.56 Å². The van der Waals surface area contributed by atoms with Gasteiger partial charge >= 0.3 is 5.69 Å². The third-order valence-electron chi connectivity index (χ3n) is 3.85. The Bertz CT molecular complexity index is 1090. The van der Waals surface area contributed by atoms with Crippen LogP contribution in [0.5, 0.6) is 11.5 Å². The van der Waals surface area contributed by atoms with E-state index in [4.69, 9.17) is 14.2 Å². The number of rotatable bonds is 5. The van der Waals surface area contributed by atoms with Gasteiger partial charge in [0.05, 0.1) is 12.3 Å². The molecule has 1 aromatic carbocycles. The van der Waals surface area contributed by atoms with Gasteiger partial charge in [-0.25, -0.2) is 14.3 Å². The number of benzene rings is 1. The minimum Gasteiger partial charge on any atom is -0.454 e. The molecular formula is C16H15N5O5. The lowest BCUT2D eigenvalue weighted by Gasteiger charge is -2.08. The Balaban J connectivity index is 1.78. The number of fused-ring (bicyclic) bond motifs is 2. The highest BCUT2D eigenvalue weighted by molar-refractivity contribution is 5.73. The van der Waals surface area contributed by atoms with E-state index >= 15 is 0 Å². The van der Waals surface area contributed by atoms with Crippen LogP contribution in [-0.4, -0.2) is 46.6 Å². The second-order valence-corrected chi connectivity index (χ2v) is 5.48. The summed E-state index contributed by atoms with van der Waals surface area (Å²) in [5.74, 6) is 1.34. The molecule has 1 aliphatic heterocycles. The normalized spacial score (nSPS) is 12.5. The molecule has 26 heavy (non-hydrogen) atoms. The van der Waals surface area contributed by atoms with Gasteiger partial charge in [-0.2, -0.15) is 4.98 Å². The van der Waals surface area contributed by atoms with E-state index in [1.165, 1.54) is 6.20 Å². The number of aromatic nitrogens is 4. The van der Waals surface area contributed by atoms with Gasteiger partial charge in [0.15, 0.2) is 17.1 Å². The first-order valence-corrected chi connectivity index (χ1v) is 7.82. The molecule has 0 radical (unpaired) electrons. The molecule has 0 atom stereocenters. The highest BCUT2D eigenvalue weighted by atomic mass is 16.7. The molecule has 0 fully saturated rings. The Morgan fingerprint density at radius 1 is 1.31 bits per heavy atom. The zero-order valence-corrected chi connectivity index (χ0v) is 13.8. The Hall–Kier alpha value is -3.40. The number of hydrogen-bond acceptors (Lipinski definition) is 8. The molecule has 2 N–H and O–H groups in total. The molecule has 3 aromatic rings. The van der Waals surface area contributed by atoms with Crippen LogP contribution in [0.1, 0.15) is 0 Å². The predicted molar refractivity (Wildman–Crippen MR) is 92.2 cm³/mol. The average molecular weight is 357 g/mol. The molecule has 0 unspecified atom stereocenters. The Morgan fingerprint density at radius 3 is 3.00 bits per heavy atom. The first-order valence-electron chi connectivity index (χ1n) is 7.82. The fourth-order valence-corrected chi connectivity index (χ4v) is 2.61. The lowest BCUT2D eigenvalue weighted by atomic mass is 10.2. The van der Waals surface area contributed by atoms with E-state index in [1.807, 2.05) is 0 Å². The van der Waals surface area contributed by atoms with Crippen molar-refractivity contribution in [3.63, 3.8) is 0 Å². The SMILES string of the molecule is COCCNc1ncc2c(=O)n(-c3ccc4c(c3)OCO4)c(=O)[nH]c2n1. The molecule has 1 aliphatic rings. The lowest BCUT2D eigenvalue weighted by Crippen LogP contribution is -2.34. The summed E-state index contributed by atoms with van der Waals surface area (Å²) in [6.07, 6.45) is 1.37. The molecule has 134 valence electrons. The molecule has 0 saturated heterocycles. The second kappa shape index (κ2) is 6.48. The molecule has 0 spiro atoms. The van der Waals surface area contributed by atoms with Crippen molar-refractivity contribution >= 4 is 17.0 Å². The van der Waals surface area contributed by atoms with Crippen LogP contribution in [-0.2, 0) is 4.74 Å². The fraction of sp³-hybridized carbons (Fsp3) is 0.250. The smallest absolute Gasteiger partial charge is 0.334 e. The van der Waals surface area contributed by atoms with Crippen molar-refractivity contribution in [3.05, 3.63) is 45.2 Å². The summed E-state index contributed by atoms with van der Waals surface area (Å²) in [5, 5.41) is 3.14. The van der Waals surface area contributed by atoms with Crippen LogP contribution >= 0.6 is 0 Å². The van der Waals surface area contributed by atoms with Gasteiger partial charge in [0.2, 0.25) is 12.7 Å². The molecule has 0 amide bonds. The van der Waals surface area contributed by atoms with Crippen LogP contribution < -0.4 is 26.0 Å². The van der Waals surface area contributed by atoms with Crippen LogP contribution in [0.15, 0.2) is 34.0 Å². The van der Waals surface area contributed by atoms with Crippen molar-refractivity contribution in [2.45, 2.75) is 0 Å². The van der Waals surface area contributed by atoms with Gasteiger partial charge in [0, 0.05) is 25.9 Å². The Labute approximate surface area is 146 Å². The molecule has 10 heteroatoms. The van der Waals surface area contributed by atoms with Gasteiger partial charge < -0.3 is 19.5 Å². The molecule has 10 nitrogen and oxygen atoms in total. The number of nitrogens with one attached hydrogen (secondary N) is 2. The number of H-pyrrole nitrogens is 1. The van der Waals surface area contributed by atoms with E-state index in [0.29, 0.717) is 36.3 Å². The topological polar surface area (TPSA) is 120 Å².